The molecule has 180 valence electrons. The third-order valence-electron chi connectivity index (χ3n) is 7.22. The zero-order chi connectivity index (χ0) is 24.4. The summed E-state index contributed by atoms with van der Waals surface area (Å²) in [6.07, 6.45) is 3.35. The van der Waals surface area contributed by atoms with E-state index in [0.717, 1.165) is 55.3 Å². The number of imidazole rings is 1. The molecular formula is C30H34N4O. The van der Waals surface area contributed by atoms with Gasteiger partial charge in [-0.2, -0.15) is 0 Å². The van der Waals surface area contributed by atoms with Crippen LogP contribution in [-0.4, -0.2) is 57.8 Å². The molecule has 3 heterocycles. The largest absolute Gasteiger partial charge is 0.340 e. The molecule has 1 aliphatic heterocycles. The molecule has 2 aromatic carbocycles. The normalized spacial score (nSPS) is 14.5. The van der Waals surface area contributed by atoms with Crippen molar-refractivity contribution in [1.82, 2.24) is 19.2 Å². The lowest BCUT2D eigenvalue weighted by atomic mass is 10.00. The molecule has 0 N–H and O–H groups in total. The van der Waals surface area contributed by atoms with E-state index in [2.05, 4.69) is 78.7 Å². The summed E-state index contributed by atoms with van der Waals surface area (Å²) in [5.41, 5.74) is 8.96. The van der Waals surface area contributed by atoms with Gasteiger partial charge in [-0.25, -0.2) is 4.98 Å². The molecule has 35 heavy (non-hydrogen) atoms. The summed E-state index contributed by atoms with van der Waals surface area (Å²) in [5, 5.41) is 0. The highest BCUT2D eigenvalue weighted by atomic mass is 16.2. The molecule has 5 nitrogen and oxygen atoms in total. The lowest BCUT2D eigenvalue weighted by Gasteiger charge is -2.34. The maximum Gasteiger partial charge on any atom is 0.223 e. The SMILES string of the molecule is CCN1CCN(C(=O)CCc2c(-c3ccccc3)nc3ccc(-c4cc(C)ccc4C)cn23)CC1. The molecule has 5 rings (SSSR count). The number of amides is 1. The maximum atomic E-state index is 13.1. The number of likely N-dealkylation sites (N-methyl/N-ethyl adjacent to an activating group) is 1. The minimum atomic E-state index is 0.236. The molecule has 0 spiro atoms. The molecule has 0 saturated carbocycles. The second kappa shape index (κ2) is 10.0. The van der Waals surface area contributed by atoms with Gasteiger partial charge in [-0.15, -0.1) is 0 Å². The van der Waals surface area contributed by atoms with Crippen LogP contribution < -0.4 is 0 Å². The van der Waals surface area contributed by atoms with Crippen molar-refractivity contribution in [3.63, 3.8) is 0 Å². The summed E-state index contributed by atoms with van der Waals surface area (Å²) in [6, 6.07) is 21.1. The molecule has 1 fully saturated rings. The second-order valence-electron chi connectivity index (χ2n) is 9.55. The molecule has 0 bridgehead atoms. The Morgan fingerprint density at radius 2 is 1.69 bits per heavy atom. The first-order valence-corrected chi connectivity index (χ1v) is 12.7. The molecular weight excluding hydrogens is 432 g/mol. The average molecular weight is 467 g/mol. The zero-order valence-corrected chi connectivity index (χ0v) is 21.0. The Balaban J connectivity index is 1.49. The third-order valence-corrected chi connectivity index (χ3v) is 7.22. The first-order valence-electron chi connectivity index (χ1n) is 12.7. The second-order valence-corrected chi connectivity index (χ2v) is 9.55. The van der Waals surface area contributed by atoms with Gasteiger partial charge < -0.3 is 14.2 Å². The van der Waals surface area contributed by atoms with Crippen molar-refractivity contribution in [3.8, 4) is 22.4 Å². The lowest BCUT2D eigenvalue weighted by molar-refractivity contribution is -0.132. The van der Waals surface area contributed by atoms with Crippen LogP contribution in [0.1, 0.15) is 30.2 Å². The van der Waals surface area contributed by atoms with Gasteiger partial charge >= 0.3 is 0 Å². The lowest BCUT2D eigenvalue weighted by Crippen LogP contribution is -2.48. The monoisotopic (exact) mass is 466 g/mol. The van der Waals surface area contributed by atoms with Gasteiger partial charge in [0, 0.05) is 44.4 Å². The van der Waals surface area contributed by atoms with Crippen LogP contribution >= 0.6 is 0 Å². The summed E-state index contributed by atoms with van der Waals surface area (Å²) in [6.45, 7) is 11.1. The summed E-state index contributed by atoms with van der Waals surface area (Å²) in [7, 11) is 0. The number of benzene rings is 2. The van der Waals surface area contributed by atoms with E-state index < -0.39 is 0 Å². The summed E-state index contributed by atoms with van der Waals surface area (Å²) < 4.78 is 2.20. The topological polar surface area (TPSA) is 40.8 Å². The first-order chi connectivity index (χ1) is 17.0. The highest BCUT2D eigenvalue weighted by molar-refractivity contribution is 5.77. The fourth-order valence-corrected chi connectivity index (χ4v) is 5.06. The number of aryl methyl sites for hydroxylation is 3. The fourth-order valence-electron chi connectivity index (χ4n) is 5.06. The van der Waals surface area contributed by atoms with Crippen LogP contribution in [0.2, 0.25) is 0 Å². The van der Waals surface area contributed by atoms with Gasteiger partial charge in [-0.05, 0) is 55.6 Å². The van der Waals surface area contributed by atoms with E-state index in [0.29, 0.717) is 12.8 Å². The molecule has 1 saturated heterocycles. The van der Waals surface area contributed by atoms with Gasteiger partial charge in [-0.1, -0.05) is 61.0 Å². The van der Waals surface area contributed by atoms with Crippen molar-refractivity contribution in [2.75, 3.05) is 32.7 Å². The van der Waals surface area contributed by atoms with E-state index in [-0.39, 0.29) is 5.91 Å². The number of rotatable bonds is 6. The average Bonchev–Trinajstić information content (AvgIpc) is 3.27. The van der Waals surface area contributed by atoms with Crippen molar-refractivity contribution >= 4 is 11.6 Å². The van der Waals surface area contributed by atoms with Gasteiger partial charge in [0.1, 0.15) is 5.65 Å². The van der Waals surface area contributed by atoms with Crippen molar-refractivity contribution in [3.05, 3.63) is 83.7 Å². The smallest absolute Gasteiger partial charge is 0.223 e. The number of carbonyl (C=O) groups excluding carboxylic acids is 1. The standard InChI is InChI=1S/C30H34N4O/c1-4-32-16-18-33(19-17-32)29(35)15-13-27-30(24-8-6-5-7-9-24)31-28-14-12-25(21-34(27)28)26-20-22(2)10-11-23(26)3/h5-12,14,20-21H,4,13,15-19H2,1-3H3. The van der Waals surface area contributed by atoms with Crippen molar-refractivity contribution < 1.29 is 4.79 Å². The molecule has 4 aromatic rings. The van der Waals surface area contributed by atoms with Crippen LogP contribution in [0.15, 0.2) is 66.9 Å². The Morgan fingerprint density at radius 3 is 2.43 bits per heavy atom. The van der Waals surface area contributed by atoms with Gasteiger partial charge in [0.15, 0.2) is 0 Å². The van der Waals surface area contributed by atoms with Crippen LogP contribution in [0.4, 0.5) is 0 Å². The van der Waals surface area contributed by atoms with E-state index in [1.54, 1.807) is 0 Å². The number of pyridine rings is 1. The predicted octanol–water partition coefficient (Wildman–Crippen LogP) is 5.38. The minimum absolute atomic E-state index is 0.236. The van der Waals surface area contributed by atoms with Crippen molar-refractivity contribution in [1.29, 1.82) is 0 Å². The van der Waals surface area contributed by atoms with Gasteiger partial charge in [-0.3, -0.25) is 4.79 Å². The third kappa shape index (κ3) is 4.87. The first kappa shape index (κ1) is 23.3. The number of hydrogen-bond donors (Lipinski definition) is 0. The number of aromatic nitrogens is 2. The van der Waals surface area contributed by atoms with Crippen LogP contribution in [-0.2, 0) is 11.2 Å². The van der Waals surface area contributed by atoms with E-state index in [1.807, 2.05) is 23.1 Å². The number of hydrogen-bond acceptors (Lipinski definition) is 3. The van der Waals surface area contributed by atoms with E-state index in [9.17, 15) is 4.79 Å². The van der Waals surface area contributed by atoms with Crippen LogP contribution in [0.25, 0.3) is 28.0 Å². The highest BCUT2D eigenvalue weighted by Gasteiger charge is 2.22. The number of nitrogens with zero attached hydrogens (tertiary/aromatic N) is 4. The number of carbonyl (C=O) groups is 1. The van der Waals surface area contributed by atoms with E-state index in [1.165, 1.54) is 22.3 Å². The van der Waals surface area contributed by atoms with Crippen molar-refractivity contribution in [2.24, 2.45) is 0 Å². The van der Waals surface area contributed by atoms with E-state index >= 15 is 0 Å². The van der Waals surface area contributed by atoms with Crippen LogP contribution in [0, 0.1) is 13.8 Å². The molecule has 0 radical (unpaired) electrons. The molecule has 1 amide bonds. The Kier molecular flexibility index (Phi) is 6.69. The fraction of sp³-hybridized carbons (Fsp3) is 0.333. The maximum absolute atomic E-state index is 13.1. The molecule has 0 atom stereocenters. The van der Waals surface area contributed by atoms with Gasteiger partial charge in [0.25, 0.3) is 0 Å². The van der Waals surface area contributed by atoms with E-state index in [4.69, 9.17) is 4.98 Å². The Labute approximate surface area is 208 Å². The number of fused-ring (bicyclic) bond motifs is 1. The molecule has 2 aromatic heterocycles. The molecule has 1 aliphatic rings. The van der Waals surface area contributed by atoms with Gasteiger partial charge in [0.2, 0.25) is 5.91 Å². The zero-order valence-electron chi connectivity index (χ0n) is 21.0. The predicted molar refractivity (Wildman–Crippen MR) is 143 cm³/mol. The Morgan fingerprint density at radius 1 is 0.914 bits per heavy atom. The Hall–Kier alpha value is -3.44. The minimum Gasteiger partial charge on any atom is -0.340 e. The van der Waals surface area contributed by atoms with Gasteiger partial charge in [0.05, 0.1) is 11.4 Å². The molecule has 5 heteroatoms. The summed E-state index contributed by atoms with van der Waals surface area (Å²) in [4.78, 5) is 22.5. The summed E-state index contributed by atoms with van der Waals surface area (Å²) in [5.74, 6) is 0.236. The molecule has 0 aliphatic carbocycles. The molecule has 0 unspecified atom stereocenters. The van der Waals surface area contributed by atoms with Crippen LogP contribution in [0.5, 0.6) is 0 Å². The summed E-state index contributed by atoms with van der Waals surface area (Å²) >= 11 is 0. The van der Waals surface area contributed by atoms with Crippen LogP contribution in [0.3, 0.4) is 0 Å². The number of piperazine rings is 1. The quantitative estimate of drug-likeness (QED) is 0.383. The highest BCUT2D eigenvalue weighted by Crippen LogP contribution is 2.30. The van der Waals surface area contributed by atoms with Crippen molar-refractivity contribution in [2.45, 2.75) is 33.6 Å². The Bertz CT molecular complexity index is 1330.